The smallest absolute Gasteiger partial charge is 0.251 e. The SMILES string of the molecule is CC(Oc1cc2cc(F)ccc2nc1N)c1cc(C(=O)NCCCO)ccc1-n1cccn1. The van der Waals surface area contributed by atoms with Crippen LogP contribution in [0, 0.1) is 5.82 Å². The first-order chi connectivity index (χ1) is 16.0. The van der Waals surface area contributed by atoms with Gasteiger partial charge < -0.3 is 20.9 Å². The summed E-state index contributed by atoms with van der Waals surface area (Å²) in [4.78, 5) is 16.9. The number of amides is 1. The van der Waals surface area contributed by atoms with Gasteiger partial charge in [0.15, 0.2) is 11.6 Å². The van der Waals surface area contributed by atoms with Crippen LogP contribution in [0.25, 0.3) is 16.6 Å². The number of nitrogens with one attached hydrogen (secondary N) is 1. The number of hydrogen-bond donors (Lipinski definition) is 3. The van der Waals surface area contributed by atoms with Crippen LogP contribution in [-0.2, 0) is 0 Å². The highest BCUT2D eigenvalue weighted by molar-refractivity contribution is 5.94. The fourth-order valence-corrected chi connectivity index (χ4v) is 3.52. The van der Waals surface area contributed by atoms with E-state index in [9.17, 15) is 9.18 Å². The monoisotopic (exact) mass is 449 g/mol. The van der Waals surface area contributed by atoms with E-state index in [2.05, 4.69) is 15.4 Å². The molecule has 9 heteroatoms. The van der Waals surface area contributed by atoms with E-state index in [4.69, 9.17) is 15.6 Å². The molecule has 0 aliphatic rings. The number of nitrogen functional groups attached to an aromatic ring is 1. The third-order valence-electron chi connectivity index (χ3n) is 5.17. The number of rotatable bonds is 8. The standard InChI is InChI=1S/C24H24FN5O3/c1-15(33-22-14-17-12-18(25)5-6-20(17)29-23(22)26)19-13-16(24(32)27-8-3-11-31)4-7-21(19)30-10-2-9-28-30/h2,4-7,9-10,12-15,31H,3,8,11H2,1H3,(H2,26,29)(H,27,32). The van der Waals surface area contributed by atoms with Crippen LogP contribution in [0.4, 0.5) is 10.2 Å². The van der Waals surface area contributed by atoms with Crippen LogP contribution in [0.3, 0.4) is 0 Å². The summed E-state index contributed by atoms with van der Waals surface area (Å²) in [6, 6.07) is 12.9. The van der Waals surface area contributed by atoms with E-state index in [0.29, 0.717) is 40.7 Å². The molecule has 2 heterocycles. The summed E-state index contributed by atoms with van der Waals surface area (Å²) in [6.45, 7) is 2.19. The molecule has 4 rings (SSSR count). The fourth-order valence-electron chi connectivity index (χ4n) is 3.52. The number of anilines is 1. The highest BCUT2D eigenvalue weighted by Crippen LogP contribution is 2.32. The Labute approximate surface area is 189 Å². The number of pyridine rings is 1. The van der Waals surface area contributed by atoms with Gasteiger partial charge in [-0.1, -0.05) is 0 Å². The number of nitrogens with two attached hydrogens (primary N) is 1. The van der Waals surface area contributed by atoms with Crippen LogP contribution >= 0.6 is 0 Å². The average molecular weight is 449 g/mol. The van der Waals surface area contributed by atoms with Gasteiger partial charge in [-0.3, -0.25) is 4.79 Å². The Morgan fingerprint density at radius 2 is 2.12 bits per heavy atom. The first-order valence-corrected chi connectivity index (χ1v) is 10.5. The number of nitrogens with zero attached hydrogens (tertiary/aromatic N) is 3. The Morgan fingerprint density at radius 3 is 2.88 bits per heavy atom. The van der Waals surface area contributed by atoms with Crippen LogP contribution < -0.4 is 15.8 Å². The van der Waals surface area contributed by atoms with Crippen molar-refractivity contribution in [1.29, 1.82) is 0 Å². The summed E-state index contributed by atoms with van der Waals surface area (Å²) < 4.78 is 21.5. The third-order valence-corrected chi connectivity index (χ3v) is 5.17. The number of ether oxygens (including phenoxy) is 1. The van der Waals surface area contributed by atoms with E-state index in [1.54, 1.807) is 53.5 Å². The van der Waals surface area contributed by atoms with Crippen molar-refractivity contribution in [2.75, 3.05) is 18.9 Å². The van der Waals surface area contributed by atoms with Crippen molar-refractivity contribution < 1.29 is 19.0 Å². The molecule has 2 aromatic carbocycles. The van der Waals surface area contributed by atoms with Gasteiger partial charge in [-0.05, 0) is 61.9 Å². The Morgan fingerprint density at radius 1 is 1.27 bits per heavy atom. The molecule has 1 unspecified atom stereocenters. The van der Waals surface area contributed by atoms with Gasteiger partial charge in [0.2, 0.25) is 0 Å². The zero-order valence-electron chi connectivity index (χ0n) is 18.0. The second-order valence-corrected chi connectivity index (χ2v) is 7.53. The molecular weight excluding hydrogens is 425 g/mol. The van der Waals surface area contributed by atoms with Gasteiger partial charge in [-0.25, -0.2) is 14.1 Å². The van der Waals surface area contributed by atoms with Crippen molar-refractivity contribution in [3.8, 4) is 11.4 Å². The number of carbonyl (C=O) groups excluding carboxylic acids is 1. The predicted octanol–water partition coefficient (Wildman–Crippen LogP) is 3.39. The number of benzene rings is 2. The molecule has 2 aromatic heterocycles. The minimum Gasteiger partial charge on any atom is -0.482 e. The molecule has 8 nitrogen and oxygen atoms in total. The topological polar surface area (TPSA) is 115 Å². The van der Waals surface area contributed by atoms with E-state index in [1.165, 1.54) is 12.1 Å². The van der Waals surface area contributed by atoms with Crippen LogP contribution in [0.1, 0.15) is 35.4 Å². The number of hydrogen-bond acceptors (Lipinski definition) is 6. The lowest BCUT2D eigenvalue weighted by molar-refractivity contribution is 0.0951. The quantitative estimate of drug-likeness (QED) is 0.355. The molecule has 0 spiro atoms. The van der Waals surface area contributed by atoms with E-state index in [1.807, 2.05) is 6.92 Å². The molecule has 0 bridgehead atoms. The van der Waals surface area contributed by atoms with Gasteiger partial charge >= 0.3 is 0 Å². The molecule has 0 aliphatic carbocycles. The maximum atomic E-state index is 13.7. The van der Waals surface area contributed by atoms with Crippen LogP contribution in [-0.4, -0.2) is 38.9 Å². The summed E-state index contributed by atoms with van der Waals surface area (Å²) >= 11 is 0. The lowest BCUT2D eigenvalue weighted by Crippen LogP contribution is -2.25. The van der Waals surface area contributed by atoms with Crippen molar-refractivity contribution in [1.82, 2.24) is 20.1 Å². The van der Waals surface area contributed by atoms with Crippen LogP contribution in [0.5, 0.6) is 5.75 Å². The van der Waals surface area contributed by atoms with Crippen molar-refractivity contribution in [3.05, 3.63) is 77.9 Å². The molecule has 0 radical (unpaired) electrons. The fraction of sp³-hybridized carbons (Fsp3) is 0.208. The second kappa shape index (κ2) is 9.66. The van der Waals surface area contributed by atoms with E-state index >= 15 is 0 Å². The minimum atomic E-state index is -0.537. The molecule has 33 heavy (non-hydrogen) atoms. The molecule has 0 fully saturated rings. The summed E-state index contributed by atoms with van der Waals surface area (Å²) in [6.07, 6.45) is 3.38. The Kier molecular flexibility index (Phi) is 6.50. The molecule has 4 N–H and O–H groups in total. The highest BCUT2D eigenvalue weighted by atomic mass is 19.1. The van der Waals surface area contributed by atoms with Crippen molar-refractivity contribution in [2.45, 2.75) is 19.4 Å². The summed E-state index contributed by atoms with van der Waals surface area (Å²) in [5.74, 6) is -0.149. The lowest BCUT2D eigenvalue weighted by Gasteiger charge is -2.20. The van der Waals surface area contributed by atoms with E-state index < -0.39 is 6.10 Å². The number of fused-ring (bicyclic) bond motifs is 1. The summed E-state index contributed by atoms with van der Waals surface area (Å²) in [7, 11) is 0. The first-order valence-electron chi connectivity index (χ1n) is 10.5. The number of carbonyl (C=O) groups is 1. The van der Waals surface area contributed by atoms with Crippen molar-refractivity contribution in [2.24, 2.45) is 0 Å². The maximum Gasteiger partial charge on any atom is 0.251 e. The van der Waals surface area contributed by atoms with Gasteiger partial charge in [-0.2, -0.15) is 5.10 Å². The minimum absolute atomic E-state index is 0.000242. The van der Waals surface area contributed by atoms with E-state index in [-0.39, 0.29) is 24.1 Å². The van der Waals surface area contributed by atoms with Gasteiger partial charge in [0.05, 0.1) is 11.2 Å². The van der Waals surface area contributed by atoms with Gasteiger partial charge in [0.25, 0.3) is 5.91 Å². The Hall–Kier alpha value is -3.98. The van der Waals surface area contributed by atoms with Crippen LogP contribution in [0.15, 0.2) is 60.9 Å². The zero-order chi connectivity index (χ0) is 23.4. The number of aliphatic hydroxyl groups excluding tert-OH is 1. The second-order valence-electron chi connectivity index (χ2n) is 7.53. The lowest BCUT2D eigenvalue weighted by atomic mass is 10.0. The maximum absolute atomic E-state index is 13.7. The van der Waals surface area contributed by atoms with Crippen molar-refractivity contribution in [3.63, 3.8) is 0 Å². The molecule has 0 saturated carbocycles. The van der Waals surface area contributed by atoms with Gasteiger partial charge in [0, 0.05) is 42.1 Å². The third kappa shape index (κ3) is 4.93. The van der Waals surface area contributed by atoms with Gasteiger partial charge in [-0.15, -0.1) is 0 Å². The summed E-state index contributed by atoms with van der Waals surface area (Å²) in [5.41, 5.74) is 8.54. The Bertz CT molecular complexity index is 1280. The number of aliphatic hydroxyl groups is 1. The number of aromatic nitrogens is 3. The number of halogens is 1. The van der Waals surface area contributed by atoms with Gasteiger partial charge in [0.1, 0.15) is 11.9 Å². The molecule has 170 valence electrons. The van der Waals surface area contributed by atoms with Crippen molar-refractivity contribution >= 4 is 22.6 Å². The molecule has 0 saturated heterocycles. The molecule has 0 aliphatic heterocycles. The zero-order valence-corrected chi connectivity index (χ0v) is 18.0. The molecular formula is C24H24FN5O3. The molecule has 1 amide bonds. The average Bonchev–Trinajstić information content (AvgIpc) is 3.34. The molecule has 4 aromatic rings. The van der Waals surface area contributed by atoms with Crippen LogP contribution in [0.2, 0.25) is 0 Å². The highest BCUT2D eigenvalue weighted by Gasteiger charge is 2.19. The first kappa shape index (κ1) is 22.2. The normalized spacial score (nSPS) is 12.0. The Balaban J connectivity index is 1.68. The van der Waals surface area contributed by atoms with E-state index in [0.717, 1.165) is 5.69 Å². The summed E-state index contributed by atoms with van der Waals surface area (Å²) in [5, 5.41) is 16.6. The largest absolute Gasteiger partial charge is 0.482 e. The predicted molar refractivity (Wildman–Crippen MR) is 123 cm³/mol. The molecule has 1 atom stereocenters.